The van der Waals surface area contributed by atoms with Crippen molar-refractivity contribution >= 4 is 39.2 Å². The van der Waals surface area contributed by atoms with Crippen molar-refractivity contribution < 1.29 is 4.79 Å². The fourth-order valence-corrected chi connectivity index (χ4v) is 6.01. The zero-order valence-corrected chi connectivity index (χ0v) is 21.1. The van der Waals surface area contributed by atoms with Gasteiger partial charge >= 0.3 is 0 Å². The second-order valence-electron chi connectivity index (χ2n) is 8.56. The average molecular weight is 494 g/mol. The van der Waals surface area contributed by atoms with Gasteiger partial charge < -0.3 is 4.90 Å². The minimum atomic E-state index is 0.118. The highest BCUT2D eigenvalue weighted by Crippen LogP contribution is 2.30. The van der Waals surface area contributed by atoms with Gasteiger partial charge in [-0.2, -0.15) is 4.68 Å². The van der Waals surface area contributed by atoms with Gasteiger partial charge in [-0.15, -0.1) is 16.4 Å². The van der Waals surface area contributed by atoms with E-state index in [0.717, 1.165) is 53.5 Å². The maximum absolute atomic E-state index is 12.9. The molecule has 5 rings (SSSR count). The smallest absolute Gasteiger partial charge is 0.233 e. The molecule has 1 amide bonds. The van der Waals surface area contributed by atoms with Crippen LogP contribution in [0.5, 0.6) is 0 Å². The Morgan fingerprint density at radius 3 is 2.71 bits per heavy atom. The van der Waals surface area contributed by atoms with Crippen LogP contribution in [0.25, 0.3) is 15.9 Å². The molecular weight excluding hydrogens is 466 g/mol. The number of hydrogen-bond donors (Lipinski definition) is 0. The van der Waals surface area contributed by atoms with Gasteiger partial charge in [0.15, 0.2) is 0 Å². The van der Waals surface area contributed by atoms with Crippen molar-refractivity contribution in [1.29, 1.82) is 0 Å². The number of thiazole rings is 1. The first kappa shape index (κ1) is 22.9. The minimum Gasteiger partial charge on any atom is -0.339 e. The summed E-state index contributed by atoms with van der Waals surface area (Å²) in [6.07, 6.45) is 0. The van der Waals surface area contributed by atoms with E-state index in [1.807, 2.05) is 24.8 Å². The number of tetrazole rings is 1. The summed E-state index contributed by atoms with van der Waals surface area (Å²) >= 11 is 3.14. The fraction of sp³-hybridized carbons (Fsp3) is 0.375. The Morgan fingerprint density at radius 1 is 1.12 bits per heavy atom. The standard InChI is InChI=1S/C24H27N7OS2/c1-16-8-9-17(2)20(14-16)31-24(26-27-28-31)33-15-22(32)30-12-10-29(11-13-30)18(3)23-25-19-6-4-5-7-21(19)34-23/h4-9,14,18H,10-13,15H2,1-3H3. The molecule has 1 aliphatic heterocycles. The molecule has 0 aliphatic carbocycles. The number of nitrogens with zero attached hydrogens (tertiary/aromatic N) is 7. The number of carbonyl (C=O) groups is 1. The summed E-state index contributed by atoms with van der Waals surface area (Å²) in [6, 6.07) is 14.7. The van der Waals surface area contributed by atoms with Crippen LogP contribution in [-0.2, 0) is 4.79 Å². The van der Waals surface area contributed by atoms with Gasteiger partial charge in [0, 0.05) is 26.2 Å². The summed E-state index contributed by atoms with van der Waals surface area (Å²) in [7, 11) is 0. The van der Waals surface area contributed by atoms with Crippen molar-refractivity contribution in [3.8, 4) is 5.69 Å². The van der Waals surface area contributed by atoms with E-state index in [9.17, 15) is 4.79 Å². The lowest BCUT2D eigenvalue weighted by Crippen LogP contribution is -2.49. The Kier molecular flexibility index (Phi) is 6.62. The van der Waals surface area contributed by atoms with E-state index in [1.165, 1.54) is 16.5 Å². The molecule has 0 spiro atoms. The Balaban J connectivity index is 1.17. The molecule has 2 aromatic carbocycles. The molecule has 3 heterocycles. The number of hydrogen-bond acceptors (Lipinski definition) is 8. The number of rotatable bonds is 6. The van der Waals surface area contributed by atoms with E-state index in [1.54, 1.807) is 16.0 Å². The van der Waals surface area contributed by atoms with Gasteiger partial charge in [-0.3, -0.25) is 9.69 Å². The predicted molar refractivity (Wildman–Crippen MR) is 136 cm³/mol. The lowest BCUT2D eigenvalue weighted by atomic mass is 10.1. The molecule has 1 fully saturated rings. The maximum Gasteiger partial charge on any atom is 0.233 e. The SMILES string of the molecule is Cc1ccc(C)c(-n2nnnc2SCC(=O)N2CCN(C(C)c3nc4ccccc4s3)CC2)c1. The van der Waals surface area contributed by atoms with Crippen molar-refractivity contribution in [1.82, 2.24) is 35.0 Å². The molecule has 2 aromatic heterocycles. The molecule has 0 bridgehead atoms. The molecule has 4 aromatic rings. The number of benzene rings is 2. The molecule has 0 N–H and O–H groups in total. The summed E-state index contributed by atoms with van der Waals surface area (Å²) < 4.78 is 2.94. The third kappa shape index (κ3) is 4.70. The zero-order chi connectivity index (χ0) is 23.7. The van der Waals surface area contributed by atoms with Crippen LogP contribution in [0.3, 0.4) is 0 Å². The fourth-order valence-electron chi connectivity index (χ4n) is 4.17. The van der Waals surface area contributed by atoms with Crippen LogP contribution in [-0.4, -0.2) is 72.8 Å². The lowest BCUT2D eigenvalue weighted by molar-refractivity contribution is -0.130. The predicted octanol–water partition coefficient (Wildman–Crippen LogP) is 3.89. The van der Waals surface area contributed by atoms with Crippen LogP contribution >= 0.6 is 23.1 Å². The summed E-state index contributed by atoms with van der Waals surface area (Å²) in [5.74, 6) is 0.436. The van der Waals surface area contributed by atoms with Gasteiger partial charge in [0.05, 0.1) is 27.7 Å². The second kappa shape index (κ2) is 9.81. The van der Waals surface area contributed by atoms with E-state index in [4.69, 9.17) is 4.98 Å². The molecule has 1 atom stereocenters. The molecular formula is C24H27N7OS2. The van der Waals surface area contributed by atoms with Gasteiger partial charge in [0.25, 0.3) is 0 Å². The van der Waals surface area contributed by atoms with E-state index in [2.05, 4.69) is 63.7 Å². The molecule has 0 saturated carbocycles. The minimum absolute atomic E-state index is 0.118. The van der Waals surface area contributed by atoms with E-state index in [0.29, 0.717) is 10.9 Å². The number of carbonyl (C=O) groups excluding carboxylic acids is 1. The van der Waals surface area contributed by atoms with Crippen LogP contribution in [0.4, 0.5) is 0 Å². The Labute approximate surface area is 207 Å². The molecule has 1 unspecified atom stereocenters. The van der Waals surface area contributed by atoms with Crippen LogP contribution in [0.1, 0.15) is 29.1 Å². The lowest BCUT2D eigenvalue weighted by Gasteiger charge is -2.37. The number of piperazine rings is 1. The average Bonchev–Trinajstić information content (AvgIpc) is 3.50. The monoisotopic (exact) mass is 493 g/mol. The van der Waals surface area contributed by atoms with E-state index in [-0.39, 0.29) is 11.9 Å². The van der Waals surface area contributed by atoms with Crippen LogP contribution in [0.15, 0.2) is 47.6 Å². The summed E-state index contributed by atoms with van der Waals surface area (Å²) in [4.78, 5) is 22.1. The quantitative estimate of drug-likeness (QED) is 0.377. The third-order valence-electron chi connectivity index (χ3n) is 6.24. The largest absolute Gasteiger partial charge is 0.339 e. The molecule has 1 aliphatic rings. The Hall–Kier alpha value is -2.82. The first-order valence-electron chi connectivity index (χ1n) is 11.4. The van der Waals surface area contributed by atoms with Crippen molar-refractivity contribution in [2.24, 2.45) is 0 Å². The van der Waals surface area contributed by atoms with Crippen molar-refractivity contribution in [3.05, 3.63) is 58.6 Å². The summed E-state index contributed by atoms with van der Waals surface area (Å²) in [5, 5.41) is 13.9. The molecule has 8 nitrogen and oxygen atoms in total. The highest BCUT2D eigenvalue weighted by Gasteiger charge is 2.26. The summed E-state index contributed by atoms with van der Waals surface area (Å²) in [5.41, 5.74) is 4.23. The first-order chi connectivity index (χ1) is 16.5. The number of para-hydroxylation sites is 1. The molecule has 10 heteroatoms. The van der Waals surface area contributed by atoms with Gasteiger partial charge in [-0.05, 0) is 60.5 Å². The van der Waals surface area contributed by atoms with Gasteiger partial charge in [-0.1, -0.05) is 36.0 Å². The normalized spacial score (nSPS) is 15.7. The number of aromatic nitrogens is 5. The van der Waals surface area contributed by atoms with Crippen molar-refractivity contribution in [2.45, 2.75) is 32.0 Å². The Bertz CT molecular complexity index is 1280. The number of amides is 1. The zero-order valence-electron chi connectivity index (χ0n) is 19.5. The van der Waals surface area contributed by atoms with Gasteiger partial charge in [0.2, 0.25) is 11.1 Å². The highest BCUT2D eigenvalue weighted by atomic mass is 32.2. The number of fused-ring (bicyclic) bond motifs is 1. The summed E-state index contributed by atoms with van der Waals surface area (Å²) in [6.45, 7) is 9.40. The topological polar surface area (TPSA) is 80.0 Å². The van der Waals surface area contributed by atoms with Gasteiger partial charge in [-0.25, -0.2) is 4.98 Å². The number of thioether (sulfide) groups is 1. The second-order valence-corrected chi connectivity index (χ2v) is 10.6. The molecule has 0 radical (unpaired) electrons. The Morgan fingerprint density at radius 2 is 1.91 bits per heavy atom. The van der Waals surface area contributed by atoms with Crippen LogP contribution < -0.4 is 0 Å². The number of aryl methyl sites for hydroxylation is 2. The van der Waals surface area contributed by atoms with Gasteiger partial charge in [0.1, 0.15) is 5.01 Å². The highest BCUT2D eigenvalue weighted by molar-refractivity contribution is 7.99. The van der Waals surface area contributed by atoms with E-state index < -0.39 is 0 Å². The maximum atomic E-state index is 12.9. The first-order valence-corrected chi connectivity index (χ1v) is 13.2. The van der Waals surface area contributed by atoms with Crippen LogP contribution in [0.2, 0.25) is 0 Å². The third-order valence-corrected chi connectivity index (χ3v) is 8.35. The van der Waals surface area contributed by atoms with Crippen LogP contribution in [0, 0.1) is 13.8 Å². The molecule has 176 valence electrons. The van der Waals surface area contributed by atoms with E-state index >= 15 is 0 Å². The van der Waals surface area contributed by atoms with Crippen molar-refractivity contribution in [3.63, 3.8) is 0 Å². The van der Waals surface area contributed by atoms with Crippen molar-refractivity contribution in [2.75, 3.05) is 31.9 Å². The molecule has 1 saturated heterocycles. The molecule has 34 heavy (non-hydrogen) atoms.